The van der Waals surface area contributed by atoms with Crippen molar-refractivity contribution in [3.8, 4) is 11.8 Å². The van der Waals surface area contributed by atoms with Gasteiger partial charge >= 0.3 is 0 Å². The molecule has 1 aromatic rings. The van der Waals surface area contributed by atoms with Crippen LogP contribution in [0.15, 0.2) is 30.3 Å². The smallest absolute Gasteiger partial charge is 0.293 e. The van der Waals surface area contributed by atoms with Gasteiger partial charge in [0.25, 0.3) is 6.47 Å². The first-order valence-corrected chi connectivity index (χ1v) is 12.3. The summed E-state index contributed by atoms with van der Waals surface area (Å²) in [6.45, 7) is 5.48. The summed E-state index contributed by atoms with van der Waals surface area (Å²) in [5.41, 5.74) is 0.338. The van der Waals surface area contributed by atoms with E-state index in [1.54, 1.807) is 0 Å². The molecule has 4 saturated carbocycles. The quantitative estimate of drug-likeness (QED) is 0.518. The predicted octanol–water partition coefficient (Wildman–Crippen LogP) is 5.35. The summed E-state index contributed by atoms with van der Waals surface area (Å²) in [6.07, 6.45) is 9.95. The van der Waals surface area contributed by atoms with Gasteiger partial charge in [-0.2, -0.15) is 0 Å². The van der Waals surface area contributed by atoms with Gasteiger partial charge in [0.05, 0.1) is 0 Å². The second kappa shape index (κ2) is 7.66. The van der Waals surface area contributed by atoms with Gasteiger partial charge in [-0.05, 0) is 99.0 Å². The molecule has 0 amide bonds. The number of hydrogen-bond acceptors (Lipinski definition) is 3. The Morgan fingerprint density at radius 2 is 1.77 bits per heavy atom. The Kier molecular flexibility index (Phi) is 5.21. The maximum atomic E-state index is 11.8. The van der Waals surface area contributed by atoms with Gasteiger partial charge in [0, 0.05) is 11.0 Å². The molecular weight excluding hydrogens is 384 g/mol. The van der Waals surface area contributed by atoms with Crippen LogP contribution in [0.4, 0.5) is 0 Å². The Hall–Kier alpha value is -1.79. The summed E-state index contributed by atoms with van der Waals surface area (Å²) in [5, 5.41) is 11.8. The van der Waals surface area contributed by atoms with E-state index in [0.717, 1.165) is 43.6 Å². The molecule has 0 saturated heterocycles. The second-order valence-electron chi connectivity index (χ2n) is 11.3. The van der Waals surface area contributed by atoms with Gasteiger partial charge in [0.1, 0.15) is 11.7 Å². The SMILES string of the molecule is C[C@]12CC[C@H](OC=O)C[C@@H]1CC[C@H]1[C@H]2CC[C@@]2(C)[C@@H]1CC[C@@]2(O)C#Cc1ccccc1. The van der Waals surface area contributed by atoms with Crippen LogP contribution in [0, 0.1) is 46.3 Å². The highest BCUT2D eigenvalue weighted by atomic mass is 16.5. The molecule has 5 rings (SSSR count). The number of carbonyl (C=O) groups excluding carboxylic acids is 1. The lowest BCUT2D eigenvalue weighted by atomic mass is 9.44. The van der Waals surface area contributed by atoms with Crippen molar-refractivity contribution in [3.63, 3.8) is 0 Å². The monoisotopic (exact) mass is 420 g/mol. The normalized spacial score (nSPS) is 46.0. The molecule has 0 heterocycles. The highest BCUT2D eigenvalue weighted by molar-refractivity contribution is 5.38. The summed E-state index contributed by atoms with van der Waals surface area (Å²) in [4.78, 5) is 10.8. The molecule has 1 N–H and O–H groups in total. The van der Waals surface area contributed by atoms with Crippen molar-refractivity contribution in [2.24, 2.45) is 34.5 Å². The Morgan fingerprint density at radius 3 is 2.55 bits per heavy atom. The van der Waals surface area contributed by atoms with Gasteiger partial charge < -0.3 is 9.84 Å². The van der Waals surface area contributed by atoms with Crippen molar-refractivity contribution in [2.45, 2.75) is 83.3 Å². The standard InChI is InChI=1S/C28H36O3/c1-26-14-11-22(31-19-29)18-21(26)8-9-23-24(26)12-15-27(2)25(23)13-17-28(27,30)16-10-20-6-4-3-5-7-20/h3-7,19,21-25,30H,8-9,11-15,17-18H2,1-2H3/t21-,22-,23-,24+,25+,26-,27-,28-/m0/s1. The molecule has 0 aliphatic heterocycles. The molecule has 4 fully saturated rings. The van der Waals surface area contributed by atoms with Gasteiger partial charge in [0.15, 0.2) is 0 Å². The molecule has 3 heteroatoms. The van der Waals surface area contributed by atoms with E-state index in [-0.39, 0.29) is 11.5 Å². The Balaban J connectivity index is 1.38. The van der Waals surface area contributed by atoms with Crippen molar-refractivity contribution >= 4 is 6.47 Å². The van der Waals surface area contributed by atoms with E-state index in [4.69, 9.17) is 4.74 Å². The first-order chi connectivity index (χ1) is 14.9. The molecular formula is C28H36O3. The number of ether oxygens (including phenoxy) is 1. The van der Waals surface area contributed by atoms with Crippen LogP contribution >= 0.6 is 0 Å². The summed E-state index contributed by atoms with van der Waals surface area (Å²) < 4.78 is 5.36. The maximum absolute atomic E-state index is 11.8. The third kappa shape index (κ3) is 3.25. The predicted molar refractivity (Wildman–Crippen MR) is 121 cm³/mol. The number of benzene rings is 1. The molecule has 4 aliphatic rings. The molecule has 3 nitrogen and oxygen atoms in total. The van der Waals surface area contributed by atoms with Crippen molar-refractivity contribution in [3.05, 3.63) is 35.9 Å². The van der Waals surface area contributed by atoms with Crippen LogP contribution in [0.3, 0.4) is 0 Å². The minimum absolute atomic E-state index is 0.114. The Labute approximate surface area is 187 Å². The average Bonchev–Trinajstić information content (AvgIpc) is 3.05. The fourth-order valence-electron chi connectivity index (χ4n) is 8.34. The molecule has 31 heavy (non-hydrogen) atoms. The molecule has 0 aromatic heterocycles. The number of rotatable bonds is 2. The molecule has 0 radical (unpaired) electrons. The lowest BCUT2D eigenvalue weighted by molar-refractivity contribution is -0.156. The number of fused-ring (bicyclic) bond motifs is 5. The number of carbonyl (C=O) groups is 1. The molecule has 1 aromatic carbocycles. The van der Waals surface area contributed by atoms with Gasteiger partial charge in [-0.15, -0.1) is 0 Å². The summed E-state index contributed by atoms with van der Waals surface area (Å²) in [7, 11) is 0. The molecule has 4 aliphatic carbocycles. The molecule has 0 unspecified atom stereocenters. The zero-order valence-electron chi connectivity index (χ0n) is 19.0. The van der Waals surface area contributed by atoms with Crippen molar-refractivity contribution in [1.82, 2.24) is 0 Å². The maximum Gasteiger partial charge on any atom is 0.293 e. The van der Waals surface area contributed by atoms with Crippen molar-refractivity contribution in [2.75, 3.05) is 0 Å². The minimum Gasteiger partial charge on any atom is -0.465 e. The van der Waals surface area contributed by atoms with Crippen LogP contribution in [0.2, 0.25) is 0 Å². The van der Waals surface area contributed by atoms with Gasteiger partial charge in [-0.3, -0.25) is 4.79 Å². The number of aliphatic hydroxyl groups is 1. The van der Waals surface area contributed by atoms with Crippen LogP contribution < -0.4 is 0 Å². The van der Waals surface area contributed by atoms with Gasteiger partial charge in [-0.1, -0.05) is 43.9 Å². The first kappa shape index (κ1) is 21.1. The average molecular weight is 421 g/mol. The largest absolute Gasteiger partial charge is 0.465 e. The third-order valence-electron chi connectivity index (χ3n) is 10.2. The van der Waals surface area contributed by atoms with Gasteiger partial charge in [-0.25, -0.2) is 0 Å². The highest BCUT2D eigenvalue weighted by Gasteiger charge is 2.64. The first-order valence-electron chi connectivity index (χ1n) is 12.3. The van der Waals surface area contributed by atoms with E-state index in [9.17, 15) is 9.90 Å². The van der Waals surface area contributed by atoms with Crippen LogP contribution in [0.5, 0.6) is 0 Å². The lowest BCUT2D eigenvalue weighted by Crippen LogP contribution is -2.56. The zero-order valence-corrected chi connectivity index (χ0v) is 19.0. The van der Waals surface area contributed by atoms with E-state index in [2.05, 4.69) is 25.7 Å². The van der Waals surface area contributed by atoms with Crippen molar-refractivity contribution in [1.29, 1.82) is 0 Å². The van der Waals surface area contributed by atoms with Gasteiger partial charge in [0.2, 0.25) is 0 Å². The van der Waals surface area contributed by atoms with E-state index in [1.807, 2.05) is 30.3 Å². The number of hydrogen-bond donors (Lipinski definition) is 1. The van der Waals surface area contributed by atoms with E-state index >= 15 is 0 Å². The summed E-state index contributed by atoms with van der Waals surface area (Å²) >= 11 is 0. The zero-order chi connectivity index (χ0) is 21.7. The van der Waals surface area contributed by atoms with Crippen LogP contribution in [0.1, 0.15) is 77.2 Å². The summed E-state index contributed by atoms with van der Waals surface area (Å²) in [6, 6.07) is 10.1. The second-order valence-corrected chi connectivity index (χ2v) is 11.3. The lowest BCUT2D eigenvalue weighted by Gasteiger charge is -2.61. The van der Waals surface area contributed by atoms with Crippen LogP contribution in [0.25, 0.3) is 0 Å². The fraction of sp³-hybridized carbons (Fsp3) is 0.679. The minimum atomic E-state index is -0.883. The fourth-order valence-corrected chi connectivity index (χ4v) is 8.34. The Bertz CT molecular complexity index is 885. The highest BCUT2D eigenvalue weighted by Crippen LogP contribution is 2.68. The molecule has 166 valence electrons. The third-order valence-corrected chi connectivity index (χ3v) is 10.2. The van der Waals surface area contributed by atoms with E-state index in [0.29, 0.717) is 29.6 Å². The van der Waals surface area contributed by atoms with E-state index < -0.39 is 5.60 Å². The topological polar surface area (TPSA) is 46.5 Å². The molecule has 0 bridgehead atoms. The summed E-state index contributed by atoms with van der Waals surface area (Å²) in [5.74, 6) is 9.27. The van der Waals surface area contributed by atoms with Crippen molar-refractivity contribution < 1.29 is 14.6 Å². The van der Waals surface area contributed by atoms with E-state index in [1.165, 1.54) is 25.7 Å². The molecule has 0 spiro atoms. The van der Waals surface area contributed by atoms with Crippen LogP contribution in [-0.4, -0.2) is 23.3 Å². The Morgan fingerprint density at radius 1 is 1.00 bits per heavy atom. The molecule has 8 atom stereocenters. The van der Waals surface area contributed by atoms with Crippen LogP contribution in [-0.2, 0) is 9.53 Å².